The van der Waals surface area contributed by atoms with E-state index in [1.807, 2.05) is 13.0 Å². The van der Waals surface area contributed by atoms with E-state index < -0.39 is 0 Å². The van der Waals surface area contributed by atoms with Crippen molar-refractivity contribution >= 4 is 46.1 Å². The number of piperidine rings is 1. The maximum absolute atomic E-state index is 13.4. The summed E-state index contributed by atoms with van der Waals surface area (Å²) in [6, 6.07) is 2.27. The monoisotopic (exact) mass is 484 g/mol. The lowest BCUT2D eigenvalue weighted by molar-refractivity contribution is -0.124. The van der Waals surface area contributed by atoms with Crippen molar-refractivity contribution in [3.63, 3.8) is 0 Å². The number of thioether (sulfide) groups is 1. The summed E-state index contributed by atoms with van der Waals surface area (Å²) in [7, 11) is 1.73. The molecule has 0 bridgehead atoms. The van der Waals surface area contributed by atoms with Gasteiger partial charge in [-0.1, -0.05) is 57.1 Å². The second-order valence-electron chi connectivity index (χ2n) is 9.91. The van der Waals surface area contributed by atoms with Gasteiger partial charge in [-0.05, 0) is 49.7 Å². The topological polar surface area (TPSA) is 69.3 Å². The Kier molecular flexibility index (Phi) is 7.01. The highest BCUT2D eigenvalue weighted by atomic mass is 32.2. The number of hydrogen-bond acceptors (Lipinski definition) is 6. The molecule has 176 valence electrons. The minimum absolute atomic E-state index is 0.0463. The fourth-order valence-electron chi connectivity index (χ4n) is 5.70. The Labute approximate surface area is 205 Å². The maximum atomic E-state index is 13.4. The first-order valence-corrected chi connectivity index (χ1v) is 13.1. The van der Waals surface area contributed by atoms with E-state index in [-0.39, 0.29) is 23.1 Å². The molecular weight excluding hydrogens is 452 g/mol. The standard InChI is InChI=1S/C25H32N4O2S2/c1-15-10-16(2)14-28(13-15)22-19(17(3)20(12-26)23(30)27(22)4)11-21-24(31)29(25(32)33-21)18-8-6-5-7-9-18/h11,15-16,18H,5-10,13-14H2,1-4H3/b21-11-. The molecule has 1 aliphatic carbocycles. The van der Waals surface area contributed by atoms with Crippen molar-refractivity contribution < 1.29 is 4.79 Å². The van der Waals surface area contributed by atoms with E-state index in [1.165, 1.54) is 18.2 Å². The van der Waals surface area contributed by atoms with Gasteiger partial charge in [0.05, 0.1) is 4.91 Å². The average Bonchev–Trinajstić information content (AvgIpc) is 3.05. The summed E-state index contributed by atoms with van der Waals surface area (Å²) in [6.45, 7) is 7.95. The fourth-order valence-corrected chi connectivity index (χ4v) is 7.08. The zero-order chi connectivity index (χ0) is 23.9. The van der Waals surface area contributed by atoms with Gasteiger partial charge in [-0.3, -0.25) is 19.1 Å². The van der Waals surface area contributed by atoms with Gasteiger partial charge in [0.2, 0.25) is 0 Å². The van der Waals surface area contributed by atoms with Crippen LogP contribution in [0.1, 0.15) is 69.1 Å². The third kappa shape index (κ3) is 4.50. The maximum Gasteiger partial charge on any atom is 0.270 e. The van der Waals surface area contributed by atoms with Crippen LogP contribution >= 0.6 is 24.0 Å². The molecule has 2 saturated heterocycles. The van der Waals surface area contributed by atoms with Crippen LogP contribution in [-0.2, 0) is 11.8 Å². The summed E-state index contributed by atoms with van der Waals surface area (Å²) >= 11 is 6.96. The van der Waals surface area contributed by atoms with E-state index in [0.29, 0.717) is 26.6 Å². The Morgan fingerprint density at radius 3 is 2.36 bits per heavy atom. The van der Waals surface area contributed by atoms with Gasteiger partial charge < -0.3 is 4.90 Å². The zero-order valence-electron chi connectivity index (χ0n) is 19.9. The predicted octanol–water partition coefficient (Wildman–Crippen LogP) is 4.58. The second-order valence-corrected chi connectivity index (χ2v) is 11.6. The number of anilines is 1. The van der Waals surface area contributed by atoms with Crippen LogP contribution in [0.3, 0.4) is 0 Å². The Balaban J connectivity index is 1.81. The van der Waals surface area contributed by atoms with Gasteiger partial charge >= 0.3 is 0 Å². The molecule has 1 saturated carbocycles. The van der Waals surface area contributed by atoms with Gasteiger partial charge in [-0.25, -0.2) is 0 Å². The van der Waals surface area contributed by atoms with Gasteiger partial charge in [-0.15, -0.1) is 0 Å². The number of carbonyl (C=O) groups is 1. The third-order valence-electron chi connectivity index (χ3n) is 7.18. The van der Waals surface area contributed by atoms with Gasteiger partial charge in [0.25, 0.3) is 11.5 Å². The number of hydrogen-bond donors (Lipinski definition) is 0. The van der Waals surface area contributed by atoms with Crippen LogP contribution in [0.4, 0.5) is 5.82 Å². The van der Waals surface area contributed by atoms with Crippen molar-refractivity contribution in [2.75, 3.05) is 18.0 Å². The number of nitrogens with zero attached hydrogens (tertiary/aromatic N) is 4. The molecule has 3 heterocycles. The van der Waals surface area contributed by atoms with Crippen molar-refractivity contribution in [1.82, 2.24) is 9.47 Å². The van der Waals surface area contributed by atoms with E-state index in [2.05, 4.69) is 24.8 Å². The molecule has 1 aromatic rings. The highest BCUT2D eigenvalue weighted by Gasteiger charge is 2.38. The minimum Gasteiger partial charge on any atom is -0.357 e. The molecule has 8 heteroatoms. The highest BCUT2D eigenvalue weighted by molar-refractivity contribution is 8.26. The van der Waals surface area contributed by atoms with Crippen LogP contribution < -0.4 is 10.5 Å². The lowest BCUT2D eigenvalue weighted by atomic mass is 9.91. The normalized spacial score (nSPS) is 25.7. The van der Waals surface area contributed by atoms with Crippen molar-refractivity contribution in [1.29, 1.82) is 5.26 Å². The molecule has 2 unspecified atom stereocenters. The third-order valence-corrected chi connectivity index (χ3v) is 8.51. The molecular formula is C25H32N4O2S2. The number of nitriles is 1. The van der Waals surface area contributed by atoms with Crippen LogP contribution in [0.25, 0.3) is 6.08 Å². The van der Waals surface area contributed by atoms with Crippen LogP contribution in [0, 0.1) is 30.1 Å². The molecule has 0 N–H and O–H groups in total. The van der Waals surface area contributed by atoms with E-state index in [4.69, 9.17) is 12.2 Å². The molecule has 0 aromatic carbocycles. The second kappa shape index (κ2) is 9.63. The van der Waals surface area contributed by atoms with Crippen molar-refractivity contribution in [2.24, 2.45) is 18.9 Å². The Hall–Kier alpha value is -2.11. The minimum atomic E-state index is -0.289. The first-order chi connectivity index (χ1) is 15.7. The summed E-state index contributed by atoms with van der Waals surface area (Å²) in [5.74, 6) is 1.74. The predicted molar refractivity (Wildman–Crippen MR) is 138 cm³/mol. The molecule has 1 amide bonds. The SMILES string of the molecule is Cc1c(/C=C2\SC(=S)N(C3CCCCC3)C2=O)c(N2CC(C)CC(C)C2)n(C)c(=O)c1C#N. The number of thiocarbonyl (C=S) groups is 1. The van der Waals surface area contributed by atoms with E-state index in [9.17, 15) is 14.9 Å². The van der Waals surface area contributed by atoms with E-state index in [1.54, 1.807) is 16.5 Å². The molecule has 1 aromatic heterocycles. The average molecular weight is 485 g/mol. The molecule has 0 radical (unpaired) electrons. The number of amides is 1. The van der Waals surface area contributed by atoms with Gasteiger partial charge in [-0.2, -0.15) is 5.26 Å². The molecule has 3 fully saturated rings. The molecule has 2 atom stereocenters. The zero-order valence-corrected chi connectivity index (χ0v) is 21.5. The van der Waals surface area contributed by atoms with Crippen molar-refractivity contribution in [3.8, 4) is 6.07 Å². The van der Waals surface area contributed by atoms with Crippen LogP contribution in [0.2, 0.25) is 0 Å². The first-order valence-electron chi connectivity index (χ1n) is 11.9. The summed E-state index contributed by atoms with van der Waals surface area (Å²) in [5.41, 5.74) is 1.25. The molecule has 0 spiro atoms. The highest BCUT2D eigenvalue weighted by Crippen LogP contribution is 2.39. The van der Waals surface area contributed by atoms with Gasteiger partial charge in [0.1, 0.15) is 21.8 Å². The molecule has 4 rings (SSSR count). The number of carbonyl (C=O) groups excluding carboxylic acids is 1. The largest absolute Gasteiger partial charge is 0.357 e. The summed E-state index contributed by atoms with van der Waals surface area (Å²) in [5, 5.41) is 9.70. The quantitative estimate of drug-likeness (QED) is 0.462. The Morgan fingerprint density at radius 2 is 1.76 bits per heavy atom. The lowest BCUT2D eigenvalue weighted by Gasteiger charge is -2.38. The first kappa shape index (κ1) is 24.0. The smallest absolute Gasteiger partial charge is 0.270 e. The van der Waals surface area contributed by atoms with Crippen LogP contribution in [0.15, 0.2) is 9.70 Å². The van der Waals surface area contributed by atoms with Crippen molar-refractivity contribution in [2.45, 2.75) is 65.3 Å². The molecule has 2 aliphatic heterocycles. The number of rotatable bonds is 3. The molecule has 33 heavy (non-hydrogen) atoms. The van der Waals surface area contributed by atoms with Crippen molar-refractivity contribution in [3.05, 3.63) is 31.9 Å². The Morgan fingerprint density at radius 1 is 1.12 bits per heavy atom. The number of aromatic nitrogens is 1. The van der Waals surface area contributed by atoms with Crippen LogP contribution in [-0.4, -0.2) is 38.8 Å². The number of pyridine rings is 1. The van der Waals surface area contributed by atoms with Gasteiger partial charge in [0.15, 0.2) is 0 Å². The Bertz CT molecular complexity index is 1100. The molecule has 3 aliphatic rings. The summed E-state index contributed by atoms with van der Waals surface area (Å²) in [6.07, 6.45) is 8.47. The lowest BCUT2D eigenvalue weighted by Crippen LogP contribution is -2.42. The van der Waals surface area contributed by atoms with Gasteiger partial charge in [0, 0.05) is 31.7 Å². The van der Waals surface area contributed by atoms with E-state index >= 15 is 0 Å². The summed E-state index contributed by atoms with van der Waals surface area (Å²) in [4.78, 5) is 31.1. The molecule has 6 nitrogen and oxygen atoms in total. The van der Waals surface area contributed by atoms with E-state index in [0.717, 1.165) is 56.6 Å². The summed E-state index contributed by atoms with van der Waals surface area (Å²) < 4.78 is 2.20. The fraction of sp³-hybridized carbons (Fsp3) is 0.600. The van der Waals surface area contributed by atoms with Crippen LogP contribution in [0.5, 0.6) is 0 Å².